The summed E-state index contributed by atoms with van der Waals surface area (Å²) in [6.07, 6.45) is -3.28. The second-order valence-electron chi connectivity index (χ2n) is 7.36. The summed E-state index contributed by atoms with van der Waals surface area (Å²) in [5.41, 5.74) is 0.483. The molecule has 1 heterocycles. The highest BCUT2D eigenvalue weighted by Crippen LogP contribution is 2.29. The van der Waals surface area contributed by atoms with Crippen molar-refractivity contribution < 1.29 is 32.3 Å². The van der Waals surface area contributed by atoms with Gasteiger partial charge < -0.3 is 14.5 Å². The van der Waals surface area contributed by atoms with Crippen LogP contribution in [0.5, 0.6) is 0 Å². The molecule has 0 saturated carbocycles. The van der Waals surface area contributed by atoms with E-state index in [2.05, 4.69) is 0 Å². The van der Waals surface area contributed by atoms with Gasteiger partial charge in [0.15, 0.2) is 0 Å². The molecule has 1 aliphatic rings. The third kappa shape index (κ3) is 5.66. The number of ether oxygens (including phenoxy) is 1. The van der Waals surface area contributed by atoms with Crippen LogP contribution in [0.2, 0.25) is 0 Å². The quantitative estimate of drug-likeness (QED) is 0.600. The van der Waals surface area contributed by atoms with E-state index >= 15 is 0 Å². The van der Waals surface area contributed by atoms with Gasteiger partial charge in [-0.3, -0.25) is 14.4 Å². The number of benzene rings is 2. The van der Waals surface area contributed by atoms with Crippen molar-refractivity contribution in [1.29, 1.82) is 0 Å². The van der Waals surface area contributed by atoms with Gasteiger partial charge in [-0.15, -0.1) is 0 Å². The fraction of sp³-hybridized carbons (Fsp3) is 0.348. The first-order chi connectivity index (χ1) is 15.2. The fourth-order valence-electron chi connectivity index (χ4n) is 3.49. The van der Waals surface area contributed by atoms with Crippen LogP contribution < -0.4 is 4.90 Å². The molecule has 0 atom stereocenters. The van der Waals surface area contributed by atoms with Crippen LogP contribution in [0.25, 0.3) is 0 Å². The maximum atomic E-state index is 13.2. The van der Waals surface area contributed by atoms with E-state index in [4.69, 9.17) is 4.74 Å². The van der Waals surface area contributed by atoms with Crippen LogP contribution in [0.1, 0.15) is 41.3 Å². The van der Waals surface area contributed by atoms with E-state index in [1.807, 2.05) is 0 Å². The largest absolute Gasteiger partial charge is 0.465 e. The van der Waals surface area contributed by atoms with E-state index in [0.717, 1.165) is 18.6 Å². The minimum absolute atomic E-state index is 0.0252. The molecule has 0 aliphatic carbocycles. The zero-order valence-electron chi connectivity index (χ0n) is 17.5. The number of hydrogen-bond donors (Lipinski definition) is 0. The minimum atomic E-state index is -4.47. The predicted octanol–water partition coefficient (Wildman–Crippen LogP) is 4.04. The van der Waals surface area contributed by atoms with Crippen molar-refractivity contribution in [2.75, 3.05) is 24.6 Å². The van der Waals surface area contributed by atoms with E-state index in [1.54, 1.807) is 36.1 Å². The molecule has 32 heavy (non-hydrogen) atoms. The standard InChI is InChI=1S/C23H23F3N2O4/c1-2-32-21(30)15-27(14-16-8-10-18(11-9-16)23(24,25)26)22(31)17-5-3-6-19(13-17)28-12-4-7-20(28)29/h3,5-6,8-11,13H,2,4,7,12,14-15H2,1H3. The number of alkyl halides is 3. The van der Waals surface area contributed by atoms with E-state index in [0.29, 0.717) is 24.2 Å². The molecule has 1 saturated heterocycles. The lowest BCUT2D eigenvalue weighted by molar-refractivity contribution is -0.144. The molecule has 0 N–H and O–H groups in total. The number of hydrogen-bond acceptors (Lipinski definition) is 4. The lowest BCUT2D eigenvalue weighted by Crippen LogP contribution is -2.36. The van der Waals surface area contributed by atoms with Gasteiger partial charge >= 0.3 is 12.1 Å². The summed E-state index contributed by atoms with van der Waals surface area (Å²) >= 11 is 0. The van der Waals surface area contributed by atoms with E-state index in [1.165, 1.54) is 17.0 Å². The molecule has 0 unspecified atom stereocenters. The highest BCUT2D eigenvalue weighted by atomic mass is 19.4. The van der Waals surface area contributed by atoms with Crippen molar-refractivity contribution in [1.82, 2.24) is 4.90 Å². The minimum Gasteiger partial charge on any atom is -0.465 e. The maximum absolute atomic E-state index is 13.2. The summed E-state index contributed by atoms with van der Waals surface area (Å²) < 4.78 is 43.4. The summed E-state index contributed by atoms with van der Waals surface area (Å²) in [6.45, 7) is 1.89. The fourth-order valence-corrected chi connectivity index (χ4v) is 3.49. The van der Waals surface area contributed by atoms with Crippen LogP contribution in [-0.2, 0) is 27.0 Å². The Morgan fingerprint density at radius 1 is 1.12 bits per heavy atom. The van der Waals surface area contributed by atoms with Crippen LogP contribution in [0, 0.1) is 0 Å². The van der Waals surface area contributed by atoms with E-state index in [9.17, 15) is 27.6 Å². The summed E-state index contributed by atoms with van der Waals surface area (Å²) in [4.78, 5) is 40.1. The molecule has 0 spiro atoms. The van der Waals surface area contributed by atoms with Crippen molar-refractivity contribution in [3.8, 4) is 0 Å². The van der Waals surface area contributed by atoms with Crippen molar-refractivity contribution in [2.24, 2.45) is 0 Å². The Labute approximate surface area is 183 Å². The number of nitrogens with zero attached hydrogens (tertiary/aromatic N) is 2. The van der Waals surface area contributed by atoms with Gasteiger partial charge in [0.2, 0.25) is 5.91 Å². The summed E-state index contributed by atoms with van der Waals surface area (Å²) in [5.74, 6) is -1.15. The van der Waals surface area contributed by atoms with Gasteiger partial charge in [0, 0.05) is 30.8 Å². The molecule has 2 aromatic rings. The number of carbonyl (C=O) groups is 3. The zero-order valence-corrected chi connectivity index (χ0v) is 17.5. The van der Waals surface area contributed by atoms with Crippen LogP contribution in [0.15, 0.2) is 48.5 Å². The summed E-state index contributed by atoms with van der Waals surface area (Å²) in [5, 5.41) is 0. The average molecular weight is 448 g/mol. The maximum Gasteiger partial charge on any atom is 0.416 e. The van der Waals surface area contributed by atoms with Crippen LogP contribution >= 0.6 is 0 Å². The average Bonchev–Trinajstić information content (AvgIpc) is 3.18. The van der Waals surface area contributed by atoms with E-state index < -0.39 is 23.6 Å². The van der Waals surface area contributed by atoms with Crippen molar-refractivity contribution in [3.63, 3.8) is 0 Å². The Balaban J connectivity index is 1.84. The predicted molar refractivity (Wildman–Crippen MR) is 111 cm³/mol. The SMILES string of the molecule is CCOC(=O)CN(Cc1ccc(C(F)(F)F)cc1)C(=O)c1cccc(N2CCCC2=O)c1. The molecule has 3 rings (SSSR count). The first-order valence-electron chi connectivity index (χ1n) is 10.2. The molecule has 2 amide bonds. The number of esters is 1. The molecular weight excluding hydrogens is 425 g/mol. The molecule has 6 nitrogen and oxygen atoms in total. The molecule has 170 valence electrons. The number of amides is 2. The van der Waals surface area contributed by atoms with Gasteiger partial charge in [-0.05, 0) is 49.2 Å². The van der Waals surface area contributed by atoms with Gasteiger partial charge in [0.1, 0.15) is 6.54 Å². The first-order valence-corrected chi connectivity index (χ1v) is 10.2. The lowest BCUT2D eigenvalue weighted by atomic mass is 10.1. The summed E-state index contributed by atoms with van der Waals surface area (Å²) in [6, 6.07) is 10.9. The number of carbonyl (C=O) groups excluding carboxylic acids is 3. The molecule has 1 aliphatic heterocycles. The second kappa shape index (κ2) is 9.84. The highest BCUT2D eigenvalue weighted by molar-refractivity contribution is 5.99. The molecule has 2 aromatic carbocycles. The zero-order chi connectivity index (χ0) is 23.3. The van der Waals surface area contributed by atoms with Crippen LogP contribution in [0.3, 0.4) is 0 Å². The van der Waals surface area contributed by atoms with E-state index in [-0.39, 0.29) is 31.2 Å². The second-order valence-corrected chi connectivity index (χ2v) is 7.36. The molecule has 1 fully saturated rings. The van der Waals surface area contributed by atoms with Gasteiger partial charge in [0.25, 0.3) is 5.91 Å². The van der Waals surface area contributed by atoms with Crippen LogP contribution in [0.4, 0.5) is 18.9 Å². The molecule has 0 bridgehead atoms. The normalized spacial score (nSPS) is 13.9. The number of rotatable bonds is 7. The van der Waals surface area contributed by atoms with Crippen molar-refractivity contribution in [2.45, 2.75) is 32.5 Å². The highest BCUT2D eigenvalue weighted by Gasteiger charge is 2.30. The third-order valence-corrected chi connectivity index (χ3v) is 5.05. The Kier molecular flexibility index (Phi) is 7.17. The van der Waals surface area contributed by atoms with Crippen molar-refractivity contribution >= 4 is 23.5 Å². The third-order valence-electron chi connectivity index (χ3n) is 5.05. The summed E-state index contributed by atoms with van der Waals surface area (Å²) in [7, 11) is 0. The number of anilines is 1. The van der Waals surface area contributed by atoms with Crippen LogP contribution in [-0.4, -0.2) is 42.4 Å². The van der Waals surface area contributed by atoms with Gasteiger partial charge in [-0.25, -0.2) is 0 Å². The topological polar surface area (TPSA) is 66.9 Å². The Hall–Kier alpha value is -3.36. The smallest absolute Gasteiger partial charge is 0.416 e. The molecule has 9 heteroatoms. The monoisotopic (exact) mass is 448 g/mol. The van der Waals surface area contributed by atoms with Gasteiger partial charge in [-0.1, -0.05) is 18.2 Å². The Morgan fingerprint density at radius 3 is 2.44 bits per heavy atom. The molecular formula is C23H23F3N2O4. The van der Waals surface area contributed by atoms with Gasteiger partial charge in [0.05, 0.1) is 12.2 Å². The Morgan fingerprint density at radius 2 is 1.84 bits per heavy atom. The Bertz CT molecular complexity index is 989. The first kappa shape index (κ1) is 23.3. The van der Waals surface area contributed by atoms with Gasteiger partial charge in [-0.2, -0.15) is 13.2 Å². The molecule has 0 radical (unpaired) electrons. The molecule has 0 aromatic heterocycles. The van der Waals surface area contributed by atoms with Crippen molar-refractivity contribution in [3.05, 3.63) is 65.2 Å². The lowest BCUT2D eigenvalue weighted by Gasteiger charge is -2.23. The number of halogens is 3.